The van der Waals surface area contributed by atoms with E-state index >= 15 is 0 Å². The molecule has 0 atom stereocenters. The van der Waals surface area contributed by atoms with Crippen LogP contribution in [0.1, 0.15) is 25.2 Å². The fourth-order valence-electron chi connectivity index (χ4n) is 2.39. The minimum atomic E-state index is 0.946. The second-order valence-electron chi connectivity index (χ2n) is 4.96. The molecule has 18 heavy (non-hydrogen) atoms. The van der Waals surface area contributed by atoms with Crippen molar-refractivity contribution in [2.75, 3.05) is 33.2 Å². The van der Waals surface area contributed by atoms with E-state index in [1.165, 1.54) is 29.0 Å². The Morgan fingerprint density at radius 2 is 1.83 bits per heavy atom. The predicted octanol–water partition coefficient (Wildman–Crippen LogP) is 1.98. The van der Waals surface area contributed by atoms with E-state index in [2.05, 4.69) is 56.4 Å². The molecule has 0 spiro atoms. The van der Waals surface area contributed by atoms with Gasteiger partial charge in [-0.1, -0.05) is 6.92 Å². The lowest BCUT2D eigenvalue weighted by Gasteiger charge is -2.32. The van der Waals surface area contributed by atoms with Gasteiger partial charge in [0.1, 0.15) is 0 Å². The number of aryl methyl sites for hydroxylation is 2. The van der Waals surface area contributed by atoms with Gasteiger partial charge >= 0.3 is 0 Å². The molecule has 0 aromatic carbocycles. The molecule has 5 heteroatoms. The first-order valence-electron chi connectivity index (χ1n) is 6.80. The second kappa shape index (κ2) is 6.17. The minimum Gasteiger partial charge on any atom is -0.304 e. The lowest BCUT2D eigenvalue weighted by molar-refractivity contribution is 0.145. The molecule has 102 valence electrons. The average Bonchev–Trinajstić information content (AvgIpc) is 2.69. The van der Waals surface area contributed by atoms with Crippen molar-refractivity contribution in [2.45, 2.75) is 33.4 Å². The van der Waals surface area contributed by atoms with Crippen LogP contribution in [-0.2, 0) is 19.5 Å². The van der Waals surface area contributed by atoms with Gasteiger partial charge in [-0.3, -0.25) is 9.58 Å². The Balaban J connectivity index is 2.10. The summed E-state index contributed by atoms with van der Waals surface area (Å²) in [6.45, 7) is 10.9. The van der Waals surface area contributed by atoms with Crippen molar-refractivity contribution in [1.82, 2.24) is 19.6 Å². The molecule has 1 saturated heterocycles. The fourth-order valence-corrected chi connectivity index (χ4v) is 3.08. The normalized spacial score (nSPS) is 18.4. The van der Waals surface area contributed by atoms with Crippen molar-refractivity contribution in [3.63, 3.8) is 0 Å². The second-order valence-corrected chi connectivity index (χ2v) is 5.75. The Kier molecular flexibility index (Phi) is 4.81. The van der Waals surface area contributed by atoms with E-state index in [4.69, 9.17) is 0 Å². The van der Waals surface area contributed by atoms with Gasteiger partial charge in [0.25, 0.3) is 0 Å². The number of halogens is 1. The Labute approximate surface area is 118 Å². The SMILES string of the molecule is CCc1nn(CC)c(CN2CCN(C)CC2)c1Br. The summed E-state index contributed by atoms with van der Waals surface area (Å²) in [6, 6.07) is 0. The molecule has 1 fully saturated rings. The highest BCUT2D eigenvalue weighted by atomic mass is 79.9. The molecular formula is C13H23BrN4. The molecule has 2 heterocycles. The van der Waals surface area contributed by atoms with Gasteiger partial charge in [0, 0.05) is 39.3 Å². The summed E-state index contributed by atoms with van der Waals surface area (Å²) in [5.41, 5.74) is 2.51. The Bertz CT molecular complexity index is 394. The molecule has 1 aliphatic heterocycles. The maximum Gasteiger partial charge on any atom is 0.0767 e. The quantitative estimate of drug-likeness (QED) is 0.849. The standard InChI is InChI=1S/C13H23BrN4/c1-4-11-13(14)12(18(5-2)15-11)10-17-8-6-16(3)7-9-17/h4-10H2,1-3H3. The molecule has 1 aliphatic rings. The lowest BCUT2D eigenvalue weighted by Crippen LogP contribution is -2.44. The third-order valence-corrected chi connectivity index (χ3v) is 4.58. The number of nitrogens with zero attached hydrogens (tertiary/aromatic N) is 4. The first-order valence-corrected chi connectivity index (χ1v) is 7.60. The van der Waals surface area contributed by atoms with Crippen molar-refractivity contribution >= 4 is 15.9 Å². The Hall–Kier alpha value is -0.390. The highest BCUT2D eigenvalue weighted by Gasteiger charge is 2.19. The van der Waals surface area contributed by atoms with Crippen LogP contribution in [0.3, 0.4) is 0 Å². The summed E-state index contributed by atoms with van der Waals surface area (Å²) in [5.74, 6) is 0. The monoisotopic (exact) mass is 314 g/mol. The average molecular weight is 315 g/mol. The molecule has 2 rings (SSSR count). The zero-order valence-electron chi connectivity index (χ0n) is 11.6. The third kappa shape index (κ3) is 2.95. The molecule has 1 aromatic rings. The molecule has 0 bridgehead atoms. The van der Waals surface area contributed by atoms with Crippen LogP contribution < -0.4 is 0 Å². The summed E-state index contributed by atoms with van der Waals surface area (Å²) in [5, 5.41) is 4.66. The number of aromatic nitrogens is 2. The van der Waals surface area contributed by atoms with Crippen LogP contribution >= 0.6 is 15.9 Å². The van der Waals surface area contributed by atoms with Crippen LogP contribution in [0, 0.1) is 0 Å². The van der Waals surface area contributed by atoms with Crippen molar-refractivity contribution < 1.29 is 0 Å². The minimum absolute atomic E-state index is 0.946. The van der Waals surface area contributed by atoms with Crippen molar-refractivity contribution in [3.05, 3.63) is 15.9 Å². The molecular weight excluding hydrogens is 292 g/mol. The third-order valence-electron chi connectivity index (χ3n) is 3.66. The summed E-state index contributed by atoms with van der Waals surface area (Å²) >= 11 is 3.72. The smallest absolute Gasteiger partial charge is 0.0767 e. The van der Waals surface area contributed by atoms with Crippen molar-refractivity contribution in [2.24, 2.45) is 0 Å². The molecule has 0 aliphatic carbocycles. The Morgan fingerprint density at radius 3 is 2.39 bits per heavy atom. The van der Waals surface area contributed by atoms with Gasteiger partial charge in [0.15, 0.2) is 0 Å². The Morgan fingerprint density at radius 1 is 1.17 bits per heavy atom. The highest BCUT2D eigenvalue weighted by Crippen LogP contribution is 2.24. The first-order chi connectivity index (χ1) is 8.65. The van der Waals surface area contributed by atoms with Crippen LogP contribution in [0.25, 0.3) is 0 Å². The van der Waals surface area contributed by atoms with Crippen LogP contribution in [0.4, 0.5) is 0 Å². The van der Waals surface area contributed by atoms with E-state index in [0.29, 0.717) is 0 Å². The van der Waals surface area contributed by atoms with Crippen molar-refractivity contribution in [1.29, 1.82) is 0 Å². The maximum atomic E-state index is 4.66. The van der Waals surface area contributed by atoms with E-state index in [1.54, 1.807) is 0 Å². The van der Waals surface area contributed by atoms with Crippen LogP contribution in [0.2, 0.25) is 0 Å². The summed E-state index contributed by atoms with van der Waals surface area (Å²) < 4.78 is 3.35. The first kappa shape index (κ1) is 14.0. The topological polar surface area (TPSA) is 24.3 Å². The van der Waals surface area contributed by atoms with Gasteiger partial charge in [-0.15, -0.1) is 0 Å². The van der Waals surface area contributed by atoms with E-state index in [9.17, 15) is 0 Å². The molecule has 1 aromatic heterocycles. The zero-order chi connectivity index (χ0) is 13.1. The maximum absolute atomic E-state index is 4.66. The van der Waals surface area contributed by atoms with Gasteiger partial charge in [-0.25, -0.2) is 0 Å². The van der Waals surface area contributed by atoms with Crippen LogP contribution in [0.15, 0.2) is 4.47 Å². The number of piperazine rings is 1. The van der Waals surface area contributed by atoms with Gasteiger partial charge in [-0.2, -0.15) is 5.10 Å². The van der Waals surface area contributed by atoms with E-state index < -0.39 is 0 Å². The number of hydrogen-bond acceptors (Lipinski definition) is 3. The molecule has 0 N–H and O–H groups in total. The molecule has 0 saturated carbocycles. The largest absolute Gasteiger partial charge is 0.304 e. The number of hydrogen-bond donors (Lipinski definition) is 0. The number of rotatable bonds is 4. The van der Waals surface area contributed by atoms with E-state index in [-0.39, 0.29) is 0 Å². The molecule has 0 unspecified atom stereocenters. The zero-order valence-corrected chi connectivity index (χ0v) is 13.2. The van der Waals surface area contributed by atoms with Crippen molar-refractivity contribution in [3.8, 4) is 0 Å². The van der Waals surface area contributed by atoms with Gasteiger partial charge in [-0.05, 0) is 36.3 Å². The van der Waals surface area contributed by atoms with Crippen LogP contribution in [-0.4, -0.2) is 52.8 Å². The van der Waals surface area contributed by atoms with Gasteiger partial charge < -0.3 is 4.90 Å². The van der Waals surface area contributed by atoms with E-state index in [0.717, 1.165) is 32.6 Å². The molecule has 4 nitrogen and oxygen atoms in total. The van der Waals surface area contributed by atoms with E-state index in [1.807, 2.05) is 0 Å². The lowest BCUT2D eigenvalue weighted by atomic mass is 10.2. The summed E-state index contributed by atoms with van der Waals surface area (Å²) in [7, 11) is 2.19. The van der Waals surface area contributed by atoms with Gasteiger partial charge in [0.05, 0.1) is 15.9 Å². The van der Waals surface area contributed by atoms with Crippen LogP contribution in [0.5, 0.6) is 0 Å². The highest BCUT2D eigenvalue weighted by molar-refractivity contribution is 9.10. The summed E-state index contributed by atoms with van der Waals surface area (Å²) in [4.78, 5) is 4.91. The van der Waals surface area contributed by atoms with Gasteiger partial charge in [0.2, 0.25) is 0 Å². The number of likely N-dealkylation sites (N-methyl/N-ethyl adjacent to an activating group) is 1. The molecule has 0 radical (unpaired) electrons. The summed E-state index contributed by atoms with van der Waals surface area (Å²) in [6.07, 6.45) is 0.989. The predicted molar refractivity (Wildman–Crippen MR) is 77.8 cm³/mol. The molecule has 0 amide bonds. The fraction of sp³-hybridized carbons (Fsp3) is 0.769.